The maximum absolute atomic E-state index is 4.47. The van der Waals surface area contributed by atoms with E-state index in [0.29, 0.717) is 0 Å². The number of benzene rings is 2. The summed E-state index contributed by atoms with van der Waals surface area (Å²) in [5.74, 6) is 0.956. The van der Waals surface area contributed by atoms with Crippen LogP contribution < -0.4 is 0 Å². The molecule has 0 spiro atoms. The Bertz CT molecular complexity index is 430. The van der Waals surface area contributed by atoms with Crippen molar-refractivity contribution in [1.82, 2.24) is 3.71 Å². The Balaban J connectivity index is 1.80. The molecule has 0 saturated heterocycles. The molecule has 0 aliphatic rings. The fraction of sp³-hybridized carbons (Fsp3) is 0.143. The summed E-state index contributed by atoms with van der Waals surface area (Å²) in [5, 5.41) is 0. The van der Waals surface area contributed by atoms with E-state index in [1.54, 1.807) is 11.9 Å². The Kier molecular flexibility index (Phi) is 4.98. The summed E-state index contributed by atoms with van der Waals surface area (Å²) in [6.45, 7) is 0.849. The zero-order valence-electron chi connectivity index (χ0n) is 9.49. The molecular formula is C14H15NS2. The van der Waals surface area contributed by atoms with Crippen molar-refractivity contribution in [3.05, 3.63) is 71.8 Å². The predicted octanol–water partition coefficient (Wildman–Crippen LogP) is 4.18. The SMILES string of the molecule is SN(Cc1ccccc1)SCc1ccccc1. The molecule has 0 fully saturated rings. The average Bonchev–Trinajstić information content (AvgIpc) is 2.39. The van der Waals surface area contributed by atoms with Crippen molar-refractivity contribution in [1.29, 1.82) is 0 Å². The van der Waals surface area contributed by atoms with Crippen molar-refractivity contribution >= 4 is 24.8 Å². The second-order valence-corrected chi connectivity index (χ2v) is 5.50. The van der Waals surface area contributed by atoms with Gasteiger partial charge in [0.05, 0.1) is 0 Å². The Morgan fingerprint density at radius 2 is 1.35 bits per heavy atom. The maximum atomic E-state index is 4.47. The van der Waals surface area contributed by atoms with Crippen LogP contribution in [0.2, 0.25) is 0 Å². The Morgan fingerprint density at radius 1 is 0.824 bits per heavy atom. The van der Waals surface area contributed by atoms with Crippen molar-refractivity contribution in [3.63, 3.8) is 0 Å². The highest BCUT2D eigenvalue weighted by Gasteiger charge is 2.02. The van der Waals surface area contributed by atoms with Crippen LogP contribution in [0.15, 0.2) is 60.7 Å². The standard InChI is InChI=1S/C14H15NS2/c16-15(11-13-7-3-1-4-8-13)17-12-14-9-5-2-6-10-14/h1-10,16H,11-12H2. The highest BCUT2D eigenvalue weighted by molar-refractivity contribution is 8.04. The van der Waals surface area contributed by atoms with E-state index in [2.05, 4.69) is 61.3 Å². The lowest BCUT2D eigenvalue weighted by atomic mass is 10.2. The molecule has 2 rings (SSSR count). The highest BCUT2D eigenvalue weighted by atomic mass is 32.2. The Morgan fingerprint density at radius 3 is 1.94 bits per heavy atom. The van der Waals surface area contributed by atoms with E-state index < -0.39 is 0 Å². The number of rotatable bonds is 5. The first-order valence-electron chi connectivity index (χ1n) is 5.52. The van der Waals surface area contributed by atoms with Crippen molar-refractivity contribution < 1.29 is 0 Å². The third kappa shape index (κ3) is 4.46. The van der Waals surface area contributed by atoms with Crippen LogP contribution in [0.3, 0.4) is 0 Å². The lowest BCUT2D eigenvalue weighted by molar-refractivity contribution is 0.748. The predicted molar refractivity (Wildman–Crippen MR) is 78.7 cm³/mol. The molecule has 0 aliphatic carbocycles. The molecule has 2 aromatic carbocycles. The summed E-state index contributed by atoms with van der Waals surface area (Å²) >= 11 is 6.19. The van der Waals surface area contributed by atoms with Gasteiger partial charge < -0.3 is 0 Å². The van der Waals surface area contributed by atoms with Crippen LogP contribution in [0.1, 0.15) is 11.1 Å². The van der Waals surface area contributed by atoms with Crippen LogP contribution >= 0.6 is 24.8 Å². The summed E-state index contributed by atoms with van der Waals surface area (Å²) in [4.78, 5) is 0. The maximum Gasteiger partial charge on any atom is 0.0451 e. The van der Waals surface area contributed by atoms with E-state index in [9.17, 15) is 0 Å². The smallest absolute Gasteiger partial charge is 0.0451 e. The first-order valence-corrected chi connectivity index (χ1v) is 6.86. The van der Waals surface area contributed by atoms with Gasteiger partial charge in [0, 0.05) is 12.3 Å². The van der Waals surface area contributed by atoms with Crippen molar-refractivity contribution in [3.8, 4) is 0 Å². The first-order chi connectivity index (χ1) is 8.34. The molecule has 0 unspecified atom stereocenters. The van der Waals surface area contributed by atoms with Gasteiger partial charge in [-0.15, -0.1) is 0 Å². The second-order valence-electron chi connectivity index (χ2n) is 3.75. The fourth-order valence-corrected chi connectivity index (χ4v) is 2.58. The molecule has 0 radical (unpaired) electrons. The average molecular weight is 261 g/mol. The highest BCUT2D eigenvalue weighted by Crippen LogP contribution is 2.21. The number of thiol groups is 1. The summed E-state index contributed by atoms with van der Waals surface area (Å²) in [6, 6.07) is 20.8. The zero-order chi connectivity index (χ0) is 11.9. The summed E-state index contributed by atoms with van der Waals surface area (Å²) < 4.78 is 1.97. The van der Waals surface area contributed by atoms with Gasteiger partial charge in [-0.3, -0.25) is 0 Å². The van der Waals surface area contributed by atoms with E-state index in [1.165, 1.54) is 11.1 Å². The molecule has 0 aliphatic heterocycles. The summed E-state index contributed by atoms with van der Waals surface area (Å²) in [7, 11) is 0. The second kappa shape index (κ2) is 6.74. The number of hydrogen-bond donors (Lipinski definition) is 1. The fourth-order valence-electron chi connectivity index (χ4n) is 1.51. The molecule has 3 heteroatoms. The molecule has 0 bridgehead atoms. The van der Waals surface area contributed by atoms with E-state index in [4.69, 9.17) is 0 Å². The molecule has 0 heterocycles. The molecule has 0 atom stereocenters. The quantitative estimate of drug-likeness (QED) is 0.635. The Hall–Kier alpha value is -0.900. The third-order valence-electron chi connectivity index (χ3n) is 2.38. The van der Waals surface area contributed by atoms with E-state index in [0.717, 1.165) is 12.3 Å². The van der Waals surface area contributed by atoms with Gasteiger partial charge in [0.1, 0.15) is 0 Å². The van der Waals surface area contributed by atoms with Crippen LogP contribution in [0, 0.1) is 0 Å². The van der Waals surface area contributed by atoms with Crippen LogP contribution in [0.25, 0.3) is 0 Å². The van der Waals surface area contributed by atoms with Crippen LogP contribution in [0.4, 0.5) is 0 Å². The summed E-state index contributed by atoms with van der Waals surface area (Å²) in [6.07, 6.45) is 0. The zero-order valence-corrected chi connectivity index (χ0v) is 11.2. The van der Waals surface area contributed by atoms with Crippen molar-refractivity contribution in [2.75, 3.05) is 0 Å². The molecule has 0 aromatic heterocycles. The van der Waals surface area contributed by atoms with Gasteiger partial charge in [-0.05, 0) is 11.1 Å². The van der Waals surface area contributed by atoms with Crippen LogP contribution in [0.5, 0.6) is 0 Å². The van der Waals surface area contributed by atoms with Gasteiger partial charge in [-0.25, -0.2) is 0 Å². The molecule has 2 aromatic rings. The van der Waals surface area contributed by atoms with Gasteiger partial charge in [0.2, 0.25) is 0 Å². The lowest BCUT2D eigenvalue weighted by Crippen LogP contribution is -2.02. The van der Waals surface area contributed by atoms with Crippen molar-refractivity contribution in [2.45, 2.75) is 12.3 Å². The third-order valence-corrected chi connectivity index (χ3v) is 3.76. The summed E-state index contributed by atoms with van der Waals surface area (Å²) in [5.41, 5.74) is 2.60. The monoisotopic (exact) mass is 261 g/mol. The minimum Gasteiger partial charge on any atom is -0.192 e. The van der Waals surface area contributed by atoms with Crippen LogP contribution in [-0.4, -0.2) is 3.71 Å². The van der Waals surface area contributed by atoms with E-state index in [1.807, 2.05) is 15.8 Å². The van der Waals surface area contributed by atoms with Crippen molar-refractivity contribution in [2.24, 2.45) is 0 Å². The first kappa shape index (κ1) is 12.6. The normalized spacial score (nSPS) is 10.7. The van der Waals surface area contributed by atoms with Gasteiger partial charge in [0.15, 0.2) is 0 Å². The molecule has 0 N–H and O–H groups in total. The Labute approximate surface area is 113 Å². The molecule has 17 heavy (non-hydrogen) atoms. The molecule has 0 amide bonds. The molecular weight excluding hydrogens is 246 g/mol. The molecule has 88 valence electrons. The van der Waals surface area contributed by atoms with E-state index >= 15 is 0 Å². The largest absolute Gasteiger partial charge is 0.192 e. The van der Waals surface area contributed by atoms with E-state index in [-0.39, 0.29) is 0 Å². The van der Waals surface area contributed by atoms with Gasteiger partial charge in [-0.1, -0.05) is 85.4 Å². The number of hydrogen-bond acceptors (Lipinski definition) is 3. The minimum atomic E-state index is 0.849. The minimum absolute atomic E-state index is 0.849. The van der Waals surface area contributed by atoms with Crippen LogP contribution in [-0.2, 0) is 12.3 Å². The molecule has 1 nitrogen and oxygen atoms in total. The van der Waals surface area contributed by atoms with Gasteiger partial charge in [-0.2, -0.15) is 3.71 Å². The topological polar surface area (TPSA) is 3.24 Å². The lowest BCUT2D eigenvalue weighted by Gasteiger charge is -2.13. The van der Waals surface area contributed by atoms with Gasteiger partial charge in [0.25, 0.3) is 0 Å². The molecule has 0 saturated carbocycles. The van der Waals surface area contributed by atoms with Gasteiger partial charge >= 0.3 is 0 Å². The number of nitrogens with zero attached hydrogens (tertiary/aromatic N) is 1.